The van der Waals surface area contributed by atoms with Crippen molar-refractivity contribution < 1.29 is 0 Å². The van der Waals surface area contributed by atoms with E-state index in [1.165, 1.54) is 11.1 Å². The lowest BCUT2D eigenvalue weighted by Gasteiger charge is -2.19. The summed E-state index contributed by atoms with van der Waals surface area (Å²) in [7, 11) is 0. The van der Waals surface area contributed by atoms with E-state index < -0.39 is 0 Å². The van der Waals surface area contributed by atoms with Crippen LogP contribution in [-0.4, -0.2) is 0 Å². The fourth-order valence-electron chi connectivity index (χ4n) is 2.02. The molecule has 0 aliphatic rings. The zero-order valence-electron chi connectivity index (χ0n) is 11.4. The first-order chi connectivity index (χ1) is 9.51. The lowest BCUT2D eigenvalue weighted by atomic mass is 10.0. The van der Waals surface area contributed by atoms with Gasteiger partial charge < -0.3 is 5.32 Å². The van der Waals surface area contributed by atoms with Crippen molar-refractivity contribution in [2.24, 2.45) is 0 Å². The summed E-state index contributed by atoms with van der Waals surface area (Å²) < 4.78 is 3.12. The molecule has 1 unspecified atom stereocenters. The first-order valence-corrected chi connectivity index (χ1v) is 8.89. The van der Waals surface area contributed by atoms with Crippen LogP contribution < -0.4 is 5.32 Å². The van der Waals surface area contributed by atoms with Crippen molar-refractivity contribution in [2.45, 2.75) is 26.3 Å². The average Bonchev–Trinajstić information content (AvgIpc) is 2.42. The molecule has 0 bridgehead atoms. The SMILES string of the molecule is CCc1ccc(C(C)Nc2c(Br)cc(Br)cc2Br)cc1. The van der Waals surface area contributed by atoms with E-state index in [-0.39, 0.29) is 6.04 Å². The Balaban J connectivity index is 2.20. The van der Waals surface area contributed by atoms with E-state index in [2.05, 4.69) is 91.2 Å². The Morgan fingerprint density at radius 1 is 1.00 bits per heavy atom. The van der Waals surface area contributed by atoms with Crippen molar-refractivity contribution in [3.05, 3.63) is 60.9 Å². The fourth-order valence-corrected chi connectivity index (χ4v) is 4.51. The predicted molar refractivity (Wildman–Crippen MR) is 97.4 cm³/mol. The number of halogens is 3. The molecular weight excluding hydrogens is 446 g/mol. The molecule has 0 aromatic heterocycles. The van der Waals surface area contributed by atoms with Gasteiger partial charge in [0.15, 0.2) is 0 Å². The highest BCUT2D eigenvalue weighted by atomic mass is 79.9. The van der Waals surface area contributed by atoms with Crippen molar-refractivity contribution in [1.82, 2.24) is 0 Å². The lowest BCUT2D eigenvalue weighted by molar-refractivity contribution is 0.880. The average molecular weight is 462 g/mol. The van der Waals surface area contributed by atoms with Gasteiger partial charge in [0.25, 0.3) is 0 Å². The normalized spacial score (nSPS) is 12.2. The Kier molecular flexibility index (Phi) is 5.70. The molecule has 0 heterocycles. The quantitative estimate of drug-likeness (QED) is 0.533. The van der Waals surface area contributed by atoms with Gasteiger partial charge in [-0.05, 0) is 68.5 Å². The molecule has 2 rings (SSSR count). The summed E-state index contributed by atoms with van der Waals surface area (Å²) in [5.74, 6) is 0. The molecule has 2 aromatic rings. The first-order valence-electron chi connectivity index (χ1n) is 6.51. The van der Waals surface area contributed by atoms with Crippen molar-refractivity contribution in [3.63, 3.8) is 0 Å². The van der Waals surface area contributed by atoms with Crippen molar-refractivity contribution in [3.8, 4) is 0 Å². The van der Waals surface area contributed by atoms with Crippen LogP contribution in [0.1, 0.15) is 31.0 Å². The van der Waals surface area contributed by atoms with Gasteiger partial charge in [-0.15, -0.1) is 0 Å². The highest BCUT2D eigenvalue weighted by Crippen LogP contribution is 2.36. The summed E-state index contributed by atoms with van der Waals surface area (Å²) in [4.78, 5) is 0. The standard InChI is InChI=1S/C16H16Br3N/c1-3-11-4-6-12(7-5-11)10(2)20-16-14(18)8-13(17)9-15(16)19/h4-10,20H,3H2,1-2H3. The third-order valence-corrected chi connectivity index (χ3v) is 4.96. The van der Waals surface area contributed by atoms with Crippen molar-refractivity contribution >= 4 is 53.5 Å². The zero-order chi connectivity index (χ0) is 14.7. The molecule has 1 nitrogen and oxygen atoms in total. The van der Waals surface area contributed by atoms with Gasteiger partial charge in [-0.25, -0.2) is 0 Å². The number of nitrogens with one attached hydrogen (secondary N) is 1. The Labute approximate surface area is 145 Å². The number of anilines is 1. The van der Waals surface area contributed by atoms with E-state index in [0.29, 0.717) is 0 Å². The Morgan fingerprint density at radius 2 is 1.55 bits per heavy atom. The smallest absolute Gasteiger partial charge is 0.0634 e. The number of benzene rings is 2. The minimum absolute atomic E-state index is 0.245. The van der Waals surface area contributed by atoms with Crippen LogP contribution >= 0.6 is 47.8 Å². The molecule has 106 valence electrons. The van der Waals surface area contributed by atoms with Gasteiger partial charge in [-0.2, -0.15) is 0 Å². The summed E-state index contributed by atoms with van der Waals surface area (Å²) in [6.45, 7) is 4.34. The Morgan fingerprint density at radius 3 is 2.05 bits per heavy atom. The van der Waals surface area contributed by atoms with Crippen LogP contribution in [0.2, 0.25) is 0 Å². The fraction of sp³-hybridized carbons (Fsp3) is 0.250. The molecule has 0 saturated carbocycles. The van der Waals surface area contributed by atoms with E-state index in [4.69, 9.17) is 0 Å². The number of aryl methyl sites for hydroxylation is 1. The van der Waals surface area contributed by atoms with E-state index >= 15 is 0 Å². The zero-order valence-corrected chi connectivity index (χ0v) is 16.1. The van der Waals surface area contributed by atoms with Gasteiger partial charge >= 0.3 is 0 Å². The van der Waals surface area contributed by atoms with Gasteiger partial charge in [0.05, 0.1) is 5.69 Å². The van der Waals surface area contributed by atoms with Crippen LogP contribution in [0.5, 0.6) is 0 Å². The van der Waals surface area contributed by atoms with Gasteiger partial charge in [-0.3, -0.25) is 0 Å². The molecule has 0 amide bonds. The van der Waals surface area contributed by atoms with Crippen LogP contribution in [0.25, 0.3) is 0 Å². The van der Waals surface area contributed by atoms with Crippen LogP contribution in [0.4, 0.5) is 5.69 Å². The second-order valence-electron chi connectivity index (χ2n) is 4.71. The third kappa shape index (κ3) is 3.86. The predicted octanol–water partition coefficient (Wildman–Crippen LogP) is 6.71. The highest BCUT2D eigenvalue weighted by molar-refractivity contribution is 9.11. The second-order valence-corrected chi connectivity index (χ2v) is 7.33. The Hall–Kier alpha value is -0.320. The molecule has 0 aliphatic carbocycles. The molecule has 0 fully saturated rings. The van der Waals surface area contributed by atoms with E-state index in [9.17, 15) is 0 Å². The molecular formula is C16H16Br3N. The maximum atomic E-state index is 3.60. The molecule has 1 atom stereocenters. The van der Waals surface area contributed by atoms with Gasteiger partial charge in [0, 0.05) is 19.5 Å². The van der Waals surface area contributed by atoms with Crippen LogP contribution in [0.15, 0.2) is 49.8 Å². The van der Waals surface area contributed by atoms with Crippen LogP contribution in [0.3, 0.4) is 0 Å². The van der Waals surface area contributed by atoms with Gasteiger partial charge in [0.2, 0.25) is 0 Å². The maximum Gasteiger partial charge on any atom is 0.0634 e. The largest absolute Gasteiger partial charge is 0.377 e. The minimum atomic E-state index is 0.245. The van der Waals surface area contributed by atoms with Crippen molar-refractivity contribution in [1.29, 1.82) is 0 Å². The molecule has 0 radical (unpaired) electrons. The lowest BCUT2D eigenvalue weighted by Crippen LogP contribution is -2.07. The summed E-state index contributed by atoms with van der Waals surface area (Å²) in [5.41, 5.74) is 3.72. The minimum Gasteiger partial charge on any atom is -0.377 e. The van der Waals surface area contributed by atoms with Gasteiger partial charge in [0.1, 0.15) is 0 Å². The van der Waals surface area contributed by atoms with Crippen LogP contribution in [0, 0.1) is 0 Å². The topological polar surface area (TPSA) is 12.0 Å². The first kappa shape index (κ1) is 16.1. The molecule has 0 spiro atoms. The molecule has 4 heteroatoms. The Bertz CT molecular complexity index is 570. The summed E-state index contributed by atoms with van der Waals surface area (Å²) in [6, 6.07) is 13.1. The summed E-state index contributed by atoms with van der Waals surface area (Å²) in [6.07, 6.45) is 1.08. The number of hydrogen-bond donors (Lipinski definition) is 1. The van der Waals surface area contributed by atoms with Crippen LogP contribution in [-0.2, 0) is 6.42 Å². The maximum absolute atomic E-state index is 3.60. The second kappa shape index (κ2) is 7.10. The molecule has 20 heavy (non-hydrogen) atoms. The third-order valence-electron chi connectivity index (χ3n) is 3.26. The van der Waals surface area contributed by atoms with Crippen molar-refractivity contribution in [2.75, 3.05) is 5.32 Å². The monoisotopic (exact) mass is 459 g/mol. The number of hydrogen-bond acceptors (Lipinski definition) is 1. The van der Waals surface area contributed by atoms with Gasteiger partial charge in [-0.1, -0.05) is 47.1 Å². The molecule has 0 aliphatic heterocycles. The highest BCUT2D eigenvalue weighted by Gasteiger charge is 2.11. The van der Waals surface area contributed by atoms with E-state index in [0.717, 1.165) is 25.5 Å². The molecule has 1 N–H and O–H groups in total. The summed E-state index contributed by atoms with van der Waals surface area (Å²) >= 11 is 10.7. The summed E-state index contributed by atoms with van der Waals surface area (Å²) in [5, 5.41) is 3.54. The number of rotatable bonds is 4. The van der Waals surface area contributed by atoms with E-state index in [1.54, 1.807) is 0 Å². The molecule has 0 saturated heterocycles. The molecule has 2 aromatic carbocycles. The van der Waals surface area contributed by atoms with E-state index in [1.807, 2.05) is 12.1 Å².